The zero-order valence-electron chi connectivity index (χ0n) is 10.7. The van der Waals surface area contributed by atoms with Crippen LogP contribution in [0.2, 0.25) is 0 Å². The normalized spacial score (nSPS) is 19.1. The Bertz CT molecular complexity index is 381. The van der Waals surface area contributed by atoms with Gasteiger partial charge in [-0.3, -0.25) is 0 Å². The average molecular weight is 316 g/mol. The molecule has 2 rings (SSSR count). The Morgan fingerprint density at radius 1 is 1.33 bits per heavy atom. The molecule has 1 atom stereocenters. The topological polar surface area (TPSA) is 47.5 Å². The third kappa shape index (κ3) is 3.04. The van der Waals surface area contributed by atoms with Gasteiger partial charge in [0.15, 0.2) is 0 Å². The average Bonchev–Trinajstić information content (AvgIpc) is 2.87. The van der Waals surface area contributed by atoms with Crippen molar-refractivity contribution in [3.63, 3.8) is 0 Å². The van der Waals surface area contributed by atoms with Crippen LogP contribution in [0.4, 0.5) is 5.95 Å². The minimum absolute atomic E-state index is 0.542. The predicted molar refractivity (Wildman–Crippen MR) is 73.9 cm³/mol. The Kier molecular flexibility index (Phi) is 4.63. The van der Waals surface area contributed by atoms with Crippen LogP contribution in [0.1, 0.15) is 12.8 Å². The number of rotatable bonds is 5. The highest BCUT2D eigenvalue weighted by Gasteiger charge is 2.24. The Hall–Kier alpha value is -1.04. The van der Waals surface area contributed by atoms with Crippen LogP contribution in [-0.2, 0) is 0 Å². The molecule has 0 N–H and O–H groups in total. The molecule has 1 aromatic rings. The standard InChI is InChI=1S/C12H18BrN3O2/c1-17-10-7-11(18-2)15-12(14-10)16-6-4-9(8-16)3-5-13/h7,9H,3-6,8H2,1-2H3. The monoisotopic (exact) mass is 315 g/mol. The zero-order valence-corrected chi connectivity index (χ0v) is 12.3. The lowest BCUT2D eigenvalue weighted by atomic mass is 10.1. The third-order valence-electron chi connectivity index (χ3n) is 3.17. The fourth-order valence-corrected chi connectivity index (χ4v) is 2.79. The third-order valence-corrected chi connectivity index (χ3v) is 3.63. The van der Waals surface area contributed by atoms with Gasteiger partial charge in [0, 0.05) is 18.4 Å². The van der Waals surface area contributed by atoms with Crippen LogP contribution in [0.3, 0.4) is 0 Å². The van der Waals surface area contributed by atoms with Crippen LogP contribution in [-0.4, -0.2) is 42.6 Å². The van der Waals surface area contributed by atoms with E-state index in [0.717, 1.165) is 18.4 Å². The quantitative estimate of drug-likeness (QED) is 0.779. The molecule has 0 aliphatic carbocycles. The van der Waals surface area contributed by atoms with Gasteiger partial charge in [0.25, 0.3) is 0 Å². The van der Waals surface area contributed by atoms with E-state index in [2.05, 4.69) is 30.8 Å². The van der Waals surface area contributed by atoms with Crippen molar-refractivity contribution in [2.24, 2.45) is 5.92 Å². The lowest BCUT2D eigenvalue weighted by Crippen LogP contribution is -2.22. The number of hydrogen-bond acceptors (Lipinski definition) is 5. The molecule has 0 aromatic carbocycles. The lowest BCUT2D eigenvalue weighted by molar-refractivity contribution is 0.371. The van der Waals surface area contributed by atoms with Crippen LogP contribution < -0.4 is 14.4 Å². The van der Waals surface area contributed by atoms with Gasteiger partial charge < -0.3 is 14.4 Å². The predicted octanol–water partition coefficient (Wildman–Crippen LogP) is 2.11. The number of aromatic nitrogens is 2. The molecule has 1 fully saturated rings. The molecule has 1 saturated heterocycles. The van der Waals surface area contributed by atoms with Crippen molar-refractivity contribution in [1.29, 1.82) is 0 Å². The largest absolute Gasteiger partial charge is 0.481 e. The molecule has 5 nitrogen and oxygen atoms in total. The van der Waals surface area contributed by atoms with Crippen molar-refractivity contribution in [2.75, 3.05) is 37.5 Å². The van der Waals surface area contributed by atoms with Crippen molar-refractivity contribution in [3.8, 4) is 11.8 Å². The number of anilines is 1. The molecule has 0 bridgehead atoms. The molecule has 18 heavy (non-hydrogen) atoms. The number of methoxy groups -OCH3 is 2. The summed E-state index contributed by atoms with van der Waals surface area (Å²) in [6.45, 7) is 2.00. The lowest BCUT2D eigenvalue weighted by Gasteiger charge is -2.17. The van der Waals surface area contributed by atoms with Crippen molar-refractivity contribution >= 4 is 21.9 Å². The van der Waals surface area contributed by atoms with Crippen LogP contribution in [0, 0.1) is 5.92 Å². The maximum absolute atomic E-state index is 5.17. The van der Waals surface area contributed by atoms with E-state index < -0.39 is 0 Å². The molecule has 100 valence electrons. The summed E-state index contributed by atoms with van der Waals surface area (Å²) < 4.78 is 10.3. The van der Waals surface area contributed by atoms with Crippen LogP contribution in [0.5, 0.6) is 11.8 Å². The molecule has 0 saturated carbocycles. The summed E-state index contributed by atoms with van der Waals surface area (Å²) in [4.78, 5) is 10.9. The van der Waals surface area contributed by atoms with E-state index in [1.807, 2.05) is 0 Å². The van der Waals surface area contributed by atoms with Crippen LogP contribution in [0.25, 0.3) is 0 Å². The summed E-state index contributed by atoms with van der Waals surface area (Å²) in [5.41, 5.74) is 0. The Morgan fingerprint density at radius 2 is 2.00 bits per heavy atom. The van der Waals surface area contributed by atoms with E-state index in [0.29, 0.717) is 23.6 Å². The summed E-state index contributed by atoms with van der Waals surface area (Å²) in [6.07, 6.45) is 2.38. The van der Waals surface area contributed by atoms with E-state index in [1.54, 1.807) is 20.3 Å². The van der Waals surface area contributed by atoms with Crippen molar-refractivity contribution < 1.29 is 9.47 Å². The summed E-state index contributed by atoms with van der Waals surface area (Å²) in [6, 6.07) is 1.69. The Morgan fingerprint density at radius 3 is 2.56 bits per heavy atom. The van der Waals surface area contributed by atoms with Gasteiger partial charge in [-0.2, -0.15) is 9.97 Å². The summed E-state index contributed by atoms with van der Waals surface area (Å²) >= 11 is 3.49. The smallest absolute Gasteiger partial charge is 0.231 e. The highest BCUT2D eigenvalue weighted by atomic mass is 79.9. The molecule has 1 aliphatic heterocycles. The van der Waals surface area contributed by atoms with E-state index in [-0.39, 0.29) is 0 Å². The second-order valence-corrected chi connectivity index (χ2v) is 5.12. The number of ether oxygens (including phenoxy) is 2. The van der Waals surface area contributed by atoms with Crippen LogP contribution in [0.15, 0.2) is 6.07 Å². The van der Waals surface area contributed by atoms with E-state index in [4.69, 9.17) is 9.47 Å². The van der Waals surface area contributed by atoms with Gasteiger partial charge in [-0.25, -0.2) is 0 Å². The van der Waals surface area contributed by atoms with Crippen molar-refractivity contribution in [3.05, 3.63) is 6.07 Å². The molecule has 1 aromatic heterocycles. The van der Waals surface area contributed by atoms with Gasteiger partial charge in [-0.1, -0.05) is 15.9 Å². The first-order chi connectivity index (χ1) is 8.76. The number of hydrogen-bond donors (Lipinski definition) is 0. The van der Waals surface area contributed by atoms with E-state index >= 15 is 0 Å². The highest BCUT2D eigenvalue weighted by Crippen LogP contribution is 2.26. The van der Waals surface area contributed by atoms with Gasteiger partial charge in [0.05, 0.1) is 20.3 Å². The van der Waals surface area contributed by atoms with Crippen molar-refractivity contribution in [1.82, 2.24) is 9.97 Å². The van der Waals surface area contributed by atoms with Gasteiger partial charge in [0.2, 0.25) is 17.7 Å². The molecule has 0 radical (unpaired) electrons. The summed E-state index contributed by atoms with van der Waals surface area (Å²) in [5.74, 6) is 2.50. The Balaban J connectivity index is 2.13. The highest BCUT2D eigenvalue weighted by molar-refractivity contribution is 9.09. The fourth-order valence-electron chi connectivity index (χ4n) is 2.15. The summed E-state index contributed by atoms with van der Waals surface area (Å²) in [7, 11) is 3.20. The maximum Gasteiger partial charge on any atom is 0.231 e. The number of nitrogens with zero attached hydrogens (tertiary/aromatic N) is 3. The Labute approximate surface area is 116 Å². The van der Waals surface area contributed by atoms with Gasteiger partial charge in [-0.05, 0) is 18.8 Å². The molecule has 0 spiro atoms. The molecule has 0 amide bonds. The summed E-state index contributed by atoms with van der Waals surface area (Å²) in [5, 5.41) is 1.05. The first-order valence-corrected chi connectivity index (χ1v) is 7.17. The SMILES string of the molecule is COc1cc(OC)nc(N2CCC(CCBr)C2)n1. The molecule has 6 heteroatoms. The zero-order chi connectivity index (χ0) is 13.0. The van der Waals surface area contributed by atoms with Gasteiger partial charge in [-0.15, -0.1) is 0 Å². The second kappa shape index (κ2) is 6.22. The molecular weight excluding hydrogens is 298 g/mol. The van der Waals surface area contributed by atoms with Crippen LogP contribution >= 0.6 is 15.9 Å². The molecule has 2 heterocycles. The molecule has 1 aliphatic rings. The first-order valence-electron chi connectivity index (χ1n) is 6.04. The minimum atomic E-state index is 0.542. The molecular formula is C12H18BrN3O2. The molecule has 1 unspecified atom stereocenters. The first kappa shape index (κ1) is 13.4. The van der Waals surface area contributed by atoms with E-state index in [9.17, 15) is 0 Å². The maximum atomic E-state index is 5.17. The van der Waals surface area contributed by atoms with E-state index in [1.165, 1.54) is 12.8 Å². The minimum Gasteiger partial charge on any atom is -0.481 e. The fraction of sp³-hybridized carbons (Fsp3) is 0.667. The number of alkyl halides is 1. The van der Waals surface area contributed by atoms with Gasteiger partial charge in [0.1, 0.15) is 0 Å². The second-order valence-electron chi connectivity index (χ2n) is 4.33. The number of halogens is 1. The van der Waals surface area contributed by atoms with Gasteiger partial charge >= 0.3 is 0 Å². The van der Waals surface area contributed by atoms with Crippen molar-refractivity contribution in [2.45, 2.75) is 12.8 Å².